The molecule has 2 aromatic rings. The Morgan fingerprint density at radius 2 is 1.90 bits per heavy atom. The van der Waals surface area contributed by atoms with E-state index in [9.17, 15) is 0 Å². The number of rotatable bonds is 5. The van der Waals surface area contributed by atoms with Gasteiger partial charge in [-0.05, 0) is 37.8 Å². The summed E-state index contributed by atoms with van der Waals surface area (Å²) in [5.41, 5.74) is 2.85. The Bertz CT molecular complexity index is 607. The minimum Gasteiger partial charge on any atom is -0.461 e. The number of hydrogen-bond donors (Lipinski definition) is 1. The molecular formula is C19H27NO. The fourth-order valence-corrected chi connectivity index (χ4v) is 4.38. The second-order valence-corrected chi connectivity index (χ2v) is 6.43. The van der Waals surface area contributed by atoms with Crippen LogP contribution in [0.3, 0.4) is 0 Å². The van der Waals surface area contributed by atoms with Crippen molar-refractivity contribution in [2.75, 3.05) is 7.05 Å². The van der Waals surface area contributed by atoms with Crippen LogP contribution < -0.4 is 5.32 Å². The van der Waals surface area contributed by atoms with Crippen LogP contribution in [0.25, 0.3) is 11.0 Å². The van der Waals surface area contributed by atoms with E-state index in [-0.39, 0.29) is 0 Å². The lowest BCUT2D eigenvalue weighted by atomic mass is 9.72. The van der Waals surface area contributed by atoms with Crippen molar-refractivity contribution in [3.05, 3.63) is 35.6 Å². The van der Waals surface area contributed by atoms with Crippen LogP contribution in [0.15, 0.2) is 28.7 Å². The molecule has 1 aliphatic rings. The molecule has 1 unspecified atom stereocenters. The van der Waals surface area contributed by atoms with Gasteiger partial charge in [0.05, 0.1) is 0 Å². The van der Waals surface area contributed by atoms with Gasteiger partial charge in [-0.2, -0.15) is 0 Å². The van der Waals surface area contributed by atoms with Gasteiger partial charge < -0.3 is 9.73 Å². The summed E-state index contributed by atoms with van der Waals surface area (Å²) in [5, 5.41) is 4.94. The van der Waals surface area contributed by atoms with Crippen LogP contribution in [0.5, 0.6) is 0 Å². The summed E-state index contributed by atoms with van der Waals surface area (Å²) in [6.07, 6.45) is 7.59. The SMILES string of the molecule is CCc1oc2ccccc2c1C(NC)C1(CC)CCCC1. The summed E-state index contributed by atoms with van der Waals surface area (Å²) in [6.45, 7) is 4.55. The fourth-order valence-electron chi connectivity index (χ4n) is 4.38. The van der Waals surface area contributed by atoms with E-state index in [1.807, 2.05) is 0 Å². The Morgan fingerprint density at radius 1 is 1.19 bits per heavy atom. The van der Waals surface area contributed by atoms with E-state index in [0.29, 0.717) is 11.5 Å². The first kappa shape index (κ1) is 14.6. The number of para-hydroxylation sites is 1. The number of hydrogen-bond acceptors (Lipinski definition) is 2. The molecule has 21 heavy (non-hydrogen) atoms. The van der Waals surface area contributed by atoms with Gasteiger partial charge >= 0.3 is 0 Å². The number of fused-ring (bicyclic) bond motifs is 1. The van der Waals surface area contributed by atoms with Crippen molar-refractivity contribution >= 4 is 11.0 Å². The van der Waals surface area contributed by atoms with E-state index in [1.54, 1.807) is 0 Å². The van der Waals surface area contributed by atoms with Crippen LogP contribution >= 0.6 is 0 Å². The topological polar surface area (TPSA) is 25.2 Å². The van der Waals surface area contributed by atoms with Crippen molar-refractivity contribution in [1.29, 1.82) is 0 Å². The van der Waals surface area contributed by atoms with Crippen LogP contribution in [-0.4, -0.2) is 7.05 Å². The summed E-state index contributed by atoms with van der Waals surface area (Å²) >= 11 is 0. The van der Waals surface area contributed by atoms with Gasteiger partial charge in [-0.1, -0.05) is 44.9 Å². The molecule has 114 valence electrons. The van der Waals surface area contributed by atoms with Crippen LogP contribution in [0.1, 0.15) is 63.3 Å². The highest BCUT2D eigenvalue weighted by Gasteiger charge is 2.42. The van der Waals surface area contributed by atoms with Crippen molar-refractivity contribution in [3.63, 3.8) is 0 Å². The van der Waals surface area contributed by atoms with E-state index >= 15 is 0 Å². The highest BCUT2D eigenvalue weighted by atomic mass is 16.3. The number of benzene rings is 1. The van der Waals surface area contributed by atoms with Gasteiger partial charge in [0.1, 0.15) is 11.3 Å². The minimum absolute atomic E-state index is 0.394. The minimum atomic E-state index is 0.394. The lowest BCUT2D eigenvalue weighted by Gasteiger charge is -2.37. The Hall–Kier alpha value is -1.28. The van der Waals surface area contributed by atoms with Crippen LogP contribution in [0.2, 0.25) is 0 Å². The Balaban J connectivity index is 2.16. The molecule has 0 saturated heterocycles. The zero-order valence-electron chi connectivity index (χ0n) is 13.5. The first-order valence-corrected chi connectivity index (χ1v) is 8.43. The predicted molar refractivity (Wildman–Crippen MR) is 88.6 cm³/mol. The molecule has 1 heterocycles. The molecule has 0 amide bonds. The molecule has 1 aromatic carbocycles. The molecular weight excluding hydrogens is 258 g/mol. The van der Waals surface area contributed by atoms with Crippen molar-refractivity contribution in [1.82, 2.24) is 5.32 Å². The van der Waals surface area contributed by atoms with Gasteiger partial charge in [0, 0.05) is 23.4 Å². The third kappa shape index (κ3) is 2.30. The van der Waals surface area contributed by atoms with Gasteiger partial charge in [0.2, 0.25) is 0 Å². The first-order valence-electron chi connectivity index (χ1n) is 8.43. The summed E-state index contributed by atoms with van der Waals surface area (Å²) in [4.78, 5) is 0. The third-order valence-electron chi connectivity index (χ3n) is 5.53. The number of aryl methyl sites for hydroxylation is 1. The molecule has 2 heteroatoms. The predicted octanol–water partition coefficient (Wildman–Crippen LogP) is 5.23. The maximum absolute atomic E-state index is 6.14. The second kappa shape index (κ2) is 5.84. The highest BCUT2D eigenvalue weighted by molar-refractivity contribution is 5.83. The van der Waals surface area contributed by atoms with Crippen LogP contribution in [0, 0.1) is 5.41 Å². The van der Waals surface area contributed by atoms with E-state index in [4.69, 9.17) is 4.42 Å². The normalized spacial score (nSPS) is 19.2. The van der Waals surface area contributed by atoms with Crippen molar-refractivity contribution in [3.8, 4) is 0 Å². The Kier molecular flexibility index (Phi) is 4.08. The summed E-state index contributed by atoms with van der Waals surface area (Å²) in [7, 11) is 2.11. The summed E-state index contributed by atoms with van der Waals surface area (Å²) < 4.78 is 6.14. The molecule has 1 aromatic heterocycles. The molecule has 0 aliphatic heterocycles. The number of furan rings is 1. The smallest absolute Gasteiger partial charge is 0.134 e. The van der Waals surface area contributed by atoms with Gasteiger partial charge in [0.25, 0.3) is 0 Å². The van der Waals surface area contributed by atoms with E-state index in [0.717, 1.165) is 17.8 Å². The standard InChI is InChI=1S/C19H27NO/c1-4-15-17(14-10-6-7-11-16(14)21-15)18(20-3)19(5-2)12-8-9-13-19/h6-7,10-11,18,20H,4-5,8-9,12-13H2,1-3H3. The zero-order chi connectivity index (χ0) is 14.9. The molecule has 1 N–H and O–H groups in total. The molecule has 2 nitrogen and oxygen atoms in total. The van der Waals surface area contributed by atoms with Crippen molar-refractivity contribution in [2.45, 2.75) is 58.4 Å². The number of nitrogens with one attached hydrogen (secondary N) is 1. The second-order valence-electron chi connectivity index (χ2n) is 6.43. The quantitative estimate of drug-likeness (QED) is 0.814. The molecule has 1 fully saturated rings. The van der Waals surface area contributed by atoms with Crippen LogP contribution in [0.4, 0.5) is 0 Å². The monoisotopic (exact) mass is 285 g/mol. The van der Waals surface area contributed by atoms with Gasteiger partial charge in [-0.15, -0.1) is 0 Å². The fraction of sp³-hybridized carbons (Fsp3) is 0.579. The van der Waals surface area contributed by atoms with Crippen molar-refractivity contribution < 1.29 is 4.42 Å². The summed E-state index contributed by atoms with van der Waals surface area (Å²) in [6, 6.07) is 8.91. The molecule has 1 aliphatic carbocycles. The van der Waals surface area contributed by atoms with Gasteiger partial charge in [0.15, 0.2) is 0 Å². The van der Waals surface area contributed by atoms with Gasteiger partial charge in [-0.3, -0.25) is 0 Å². The molecule has 0 spiro atoms. The first-order chi connectivity index (χ1) is 10.3. The van der Waals surface area contributed by atoms with Crippen LogP contribution in [-0.2, 0) is 6.42 Å². The third-order valence-corrected chi connectivity index (χ3v) is 5.53. The maximum Gasteiger partial charge on any atom is 0.134 e. The molecule has 0 bridgehead atoms. The Morgan fingerprint density at radius 3 is 2.52 bits per heavy atom. The van der Waals surface area contributed by atoms with Gasteiger partial charge in [-0.25, -0.2) is 0 Å². The molecule has 1 atom stereocenters. The average molecular weight is 285 g/mol. The van der Waals surface area contributed by atoms with E-state index < -0.39 is 0 Å². The molecule has 0 radical (unpaired) electrons. The lowest BCUT2D eigenvalue weighted by molar-refractivity contribution is 0.194. The summed E-state index contributed by atoms with van der Waals surface area (Å²) in [5.74, 6) is 1.16. The zero-order valence-corrected chi connectivity index (χ0v) is 13.5. The van der Waals surface area contributed by atoms with E-state index in [1.165, 1.54) is 43.1 Å². The largest absolute Gasteiger partial charge is 0.461 e. The van der Waals surface area contributed by atoms with Crippen molar-refractivity contribution in [2.24, 2.45) is 5.41 Å². The Labute approximate surface area is 127 Å². The maximum atomic E-state index is 6.14. The molecule has 3 rings (SSSR count). The lowest BCUT2D eigenvalue weighted by Crippen LogP contribution is -2.34. The highest BCUT2D eigenvalue weighted by Crippen LogP contribution is 2.52. The molecule has 1 saturated carbocycles. The average Bonchev–Trinajstić information content (AvgIpc) is 3.14. The van der Waals surface area contributed by atoms with E-state index in [2.05, 4.69) is 50.5 Å².